The van der Waals surface area contributed by atoms with Gasteiger partial charge < -0.3 is 20.4 Å². The van der Waals surface area contributed by atoms with Gasteiger partial charge in [0.25, 0.3) is 0 Å². The van der Waals surface area contributed by atoms with Crippen molar-refractivity contribution in [1.29, 1.82) is 0 Å². The highest BCUT2D eigenvalue weighted by Crippen LogP contribution is 2.19. The molecule has 156 valence electrons. The molecule has 0 aliphatic carbocycles. The Kier molecular flexibility index (Phi) is 8.09. The van der Waals surface area contributed by atoms with Crippen LogP contribution >= 0.6 is 0 Å². The minimum atomic E-state index is -1.05. The van der Waals surface area contributed by atoms with E-state index in [0.29, 0.717) is 13.0 Å². The summed E-state index contributed by atoms with van der Waals surface area (Å²) in [5, 5.41) is 26.4. The SMILES string of the molecule is O=C(O)N[C@@H](Cc1ccccc1)[C@H](C(O)NCCN1CCCC1)N1CCCC1. The fourth-order valence-electron chi connectivity index (χ4n) is 4.50. The van der Waals surface area contributed by atoms with Crippen LogP contribution in [0.5, 0.6) is 0 Å². The Hall–Kier alpha value is -1.67. The first-order valence-corrected chi connectivity index (χ1v) is 10.5. The molecule has 0 aromatic heterocycles. The van der Waals surface area contributed by atoms with Crippen molar-refractivity contribution in [3.63, 3.8) is 0 Å². The molecule has 1 amide bonds. The van der Waals surface area contributed by atoms with Gasteiger partial charge in [-0.05, 0) is 63.8 Å². The van der Waals surface area contributed by atoms with Gasteiger partial charge in [0, 0.05) is 13.1 Å². The average Bonchev–Trinajstić information content (AvgIpc) is 3.36. The van der Waals surface area contributed by atoms with Crippen LogP contribution in [-0.4, -0.2) is 83.7 Å². The lowest BCUT2D eigenvalue weighted by molar-refractivity contribution is 0.0169. The first-order valence-electron chi connectivity index (χ1n) is 10.5. The number of hydrogen-bond donors (Lipinski definition) is 4. The van der Waals surface area contributed by atoms with E-state index in [1.165, 1.54) is 12.8 Å². The van der Waals surface area contributed by atoms with Gasteiger partial charge in [0.15, 0.2) is 0 Å². The van der Waals surface area contributed by atoms with Crippen LogP contribution in [-0.2, 0) is 6.42 Å². The Morgan fingerprint density at radius 1 is 1.04 bits per heavy atom. The minimum Gasteiger partial charge on any atom is -0.465 e. The highest BCUT2D eigenvalue weighted by Gasteiger charge is 2.36. The summed E-state index contributed by atoms with van der Waals surface area (Å²) in [6, 6.07) is 9.21. The molecule has 28 heavy (non-hydrogen) atoms. The number of rotatable bonds is 10. The van der Waals surface area contributed by atoms with Gasteiger partial charge in [-0.2, -0.15) is 0 Å². The first-order chi connectivity index (χ1) is 13.6. The number of aliphatic hydroxyl groups is 1. The predicted octanol–water partition coefficient (Wildman–Crippen LogP) is 1.33. The van der Waals surface area contributed by atoms with Crippen molar-refractivity contribution in [2.75, 3.05) is 39.3 Å². The van der Waals surface area contributed by atoms with Gasteiger partial charge in [0.2, 0.25) is 0 Å². The second-order valence-electron chi connectivity index (χ2n) is 7.93. The van der Waals surface area contributed by atoms with E-state index in [9.17, 15) is 15.0 Å². The Bertz CT molecular complexity index is 589. The molecule has 7 heteroatoms. The molecule has 0 radical (unpaired) electrons. The molecule has 2 fully saturated rings. The zero-order valence-electron chi connectivity index (χ0n) is 16.6. The summed E-state index contributed by atoms with van der Waals surface area (Å²) in [4.78, 5) is 16.1. The van der Waals surface area contributed by atoms with Crippen LogP contribution in [0.15, 0.2) is 30.3 Å². The van der Waals surface area contributed by atoms with E-state index in [2.05, 4.69) is 20.4 Å². The van der Waals surface area contributed by atoms with Crippen LogP contribution in [0.3, 0.4) is 0 Å². The Labute approximate surface area is 167 Å². The third kappa shape index (κ3) is 6.17. The molecule has 1 unspecified atom stereocenters. The summed E-state index contributed by atoms with van der Waals surface area (Å²) < 4.78 is 0. The van der Waals surface area contributed by atoms with Crippen molar-refractivity contribution in [3.8, 4) is 0 Å². The average molecular weight is 391 g/mol. The molecule has 1 aromatic carbocycles. The smallest absolute Gasteiger partial charge is 0.404 e. The van der Waals surface area contributed by atoms with E-state index in [0.717, 1.165) is 51.1 Å². The lowest BCUT2D eigenvalue weighted by Gasteiger charge is -2.38. The van der Waals surface area contributed by atoms with Crippen molar-refractivity contribution in [3.05, 3.63) is 35.9 Å². The fourth-order valence-corrected chi connectivity index (χ4v) is 4.50. The molecule has 7 nitrogen and oxygen atoms in total. The van der Waals surface area contributed by atoms with Crippen LogP contribution in [0.25, 0.3) is 0 Å². The van der Waals surface area contributed by atoms with Crippen molar-refractivity contribution < 1.29 is 15.0 Å². The molecule has 0 bridgehead atoms. The second-order valence-corrected chi connectivity index (χ2v) is 7.93. The van der Waals surface area contributed by atoms with Gasteiger partial charge in [-0.1, -0.05) is 30.3 Å². The quantitative estimate of drug-likeness (QED) is 0.451. The van der Waals surface area contributed by atoms with E-state index in [1.807, 2.05) is 30.3 Å². The standard InChI is InChI=1S/C21H34N4O3/c26-20(22-10-15-24-11-4-5-12-24)19(25-13-6-7-14-25)18(23-21(27)28)16-17-8-2-1-3-9-17/h1-3,8-9,18-20,22-23,26H,4-7,10-16H2,(H,27,28)/t18-,19+,20?/m0/s1. The maximum absolute atomic E-state index is 11.5. The van der Waals surface area contributed by atoms with Gasteiger partial charge in [-0.3, -0.25) is 10.2 Å². The first kappa shape index (κ1) is 21.0. The summed E-state index contributed by atoms with van der Waals surface area (Å²) in [5.41, 5.74) is 1.06. The third-order valence-electron chi connectivity index (χ3n) is 5.89. The maximum atomic E-state index is 11.5. The zero-order valence-corrected chi connectivity index (χ0v) is 16.6. The topological polar surface area (TPSA) is 88.1 Å². The predicted molar refractivity (Wildman–Crippen MR) is 109 cm³/mol. The van der Waals surface area contributed by atoms with Crippen LogP contribution in [0.2, 0.25) is 0 Å². The monoisotopic (exact) mass is 390 g/mol. The molecular formula is C21H34N4O3. The Morgan fingerprint density at radius 3 is 2.32 bits per heavy atom. The number of carbonyl (C=O) groups is 1. The van der Waals surface area contributed by atoms with Crippen LogP contribution in [0, 0.1) is 0 Å². The molecule has 0 saturated carbocycles. The van der Waals surface area contributed by atoms with Crippen LogP contribution in [0.4, 0.5) is 4.79 Å². The normalized spacial score (nSPS) is 21.5. The van der Waals surface area contributed by atoms with E-state index in [4.69, 9.17) is 0 Å². The summed E-state index contributed by atoms with van der Waals surface area (Å²) in [5.74, 6) is 0. The summed E-state index contributed by atoms with van der Waals surface area (Å²) in [7, 11) is 0. The number of carboxylic acid groups (broad SMARTS) is 1. The molecule has 1 aromatic rings. The second kappa shape index (κ2) is 10.8. The van der Waals surface area contributed by atoms with Gasteiger partial charge >= 0.3 is 6.09 Å². The van der Waals surface area contributed by atoms with Crippen molar-refractivity contribution >= 4 is 6.09 Å². The molecule has 2 aliphatic heterocycles. The van der Waals surface area contributed by atoms with Crippen molar-refractivity contribution in [2.24, 2.45) is 0 Å². The molecule has 3 atom stereocenters. The molecular weight excluding hydrogens is 356 g/mol. The van der Waals surface area contributed by atoms with Crippen molar-refractivity contribution in [1.82, 2.24) is 20.4 Å². The number of aliphatic hydroxyl groups excluding tert-OH is 1. The van der Waals surface area contributed by atoms with Gasteiger partial charge in [-0.15, -0.1) is 0 Å². The number of likely N-dealkylation sites (tertiary alicyclic amines) is 2. The number of nitrogens with one attached hydrogen (secondary N) is 2. The fraction of sp³-hybridized carbons (Fsp3) is 0.667. The van der Waals surface area contributed by atoms with Gasteiger partial charge in [-0.25, -0.2) is 4.79 Å². The van der Waals surface area contributed by atoms with Gasteiger partial charge in [0.05, 0.1) is 12.1 Å². The zero-order chi connectivity index (χ0) is 19.8. The minimum absolute atomic E-state index is 0.294. The summed E-state index contributed by atoms with van der Waals surface area (Å²) in [6.07, 6.45) is 3.40. The van der Waals surface area contributed by atoms with E-state index >= 15 is 0 Å². The highest BCUT2D eigenvalue weighted by molar-refractivity contribution is 5.65. The van der Waals surface area contributed by atoms with E-state index < -0.39 is 12.3 Å². The molecule has 2 heterocycles. The number of nitrogens with zero attached hydrogens (tertiary/aromatic N) is 2. The molecule has 0 spiro atoms. The Morgan fingerprint density at radius 2 is 1.68 bits per heavy atom. The van der Waals surface area contributed by atoms with Crippen LogP contribution in [0.1, 0.15) is 31.2 Å². The number of amides is 1. The van der Waals surface area contributed by atoms with Gasteiger partial charge in [0.1, 0.15) is 6.23 Å². The van der Waals surface area contributed by atoms with E-state index in [-0.39, 0.29) is 12.1 Å². The number of hydrogen-bond acceptors (Lipinski definition) is 5. The summed E-state index contributed by atoms with van der Waals surface area (Å²) >= 11 is 0. The maximum Gasteiger partial charge on any atom is 0.404 e. The summed E-state index contributed by atoms with van der Waals surface area (Å²) in [6.45, 7) is 5.66. The van der Waals surface area contributed by atoms with Crippen molar-refractivity contribution in [2.45, 2.75) is 50.4 Å². The molecule has 3 rings (SSSR count). The third-order valence-corrected chi connectivity index (χ3v) is 5.89. The molecule has 2 saturated heterocycles. The molecule has 4 N–H and O–H groups in total. The highest BCUT2D eigenvalue weighted by atomic mass is 16.4. The largest absolute Gasteiger partial charge is 0.465 e. The van der Waals surface area contributed by atoms with E-state index in [1.54, 1.807) is 0 Å². The van der Waals surface area contributed by atoms with Crippen LogP contribution < -0.4 is 10.6 Å². The number of benzene rings is 1. The Balaban J connectivity index is 1.67. The lowest BCUT2D eigenvalue weighted by Crippen LogP contribution is -2.61. The lowest BCUT2D eigenvalue weighted by atomic mass is 9.96. The molecule has 2 aliphatic rings.